The number of aryl methyl sites for hydroxylation is 1. The first-order valence-corrected chi connectivity index (χ1v) is 15.5. The van der Waals surface area contributed by atoms with E-state index in [4.69, 9.17) is 4.74 Å². The molecule has 0 heterocycles. The van der Waals surface area contributed by atoms with Gasteiger partial charge in [0.2, 0.25) is 11.8 Å². The van der Waals surface area contributed by atoms with Gasteiger partial charge in [-0.1, -0.05) is 44.4 Å². The highest BCUT2D eigenvalue weighted by molar-refractivity contribution is 7.98. The largest absolute Gasteiger partial charge is 0.444 e. The lowest BCUT2D eigenvalue weighted by atomic mass is 9.92. The molecular weight excluding hydrogens is 498 g/mol. The van der Waals surface area contributed by atoms with Gasteiger partial charge in [0.25, 0.3) is 0 Å². The van der Waals surface area contributed by atoms with Gasteiger partial charge in [0.15, 0.2) is 0 Å². The zero-order chi connectivity index (χ0) is 28.5. The fraction of sp³-hybridized carbons (Fsp3) is 0.700. The number of thioether (sulfide) groups is 1. The third kappa shape index (κ3) is 9.21. The molecule has 0 radical (unpaired) electrons. The van der Waals surface area contributed by atoms with E-state index in [1.807, 2.05) is 52.1 Å². The fourth-order valence-electron chi connectivity index (χ4n) is 4.93. The van der Waals surface area contributed by atoms with Crippen LogP contribution in [0.1, 0.15) is 102 Å². The minimum Gasteiger partial charge on any atom is -0.444 e. The molecule has 0 bridgehead atoms. The summed E-state index contributed by atoms with van der Waals surface area (Å²) < 4.78 is 5.49. The zero-order valence-electron chi connectivity index (χ0n) is 24.7. The molecule has 1 aliphatic rings. The Bertz CT molecular complexity index is 940. The molecule has 0 spiro atoms. The van der Waals surface area contributed by atoms with Crippen molar-refractivity contribution >= 4 is 29.7 Å². The number of alkyl carbamates (subject to hydrolysis) is 1. The second-order valence-corrected chi connectivity index (χ2v) is 12.5. The molecule has 1 aliphatic carbocycles. The lowest BCUT2D eigenvalue weighted by Crippen LogP contribution is -2.56. The summed E-state index contributed by atoms with van der Waals surface area (Å²) >= 11 is 1.61. The van der Waals surface area contributed by atoms with E-state index in [0.717, 1.165) is 42.4 Å². The van der Waals surface area contributed by atoms with Crippen LogP contribution in [0.4, 0.5) is 4.79 Å². The number of nitrogens with zero attached hydrogens (tertiary/aromatic N) is 1. The van der Waals surface area contributed by atoms with Crippen molar-refractivity contribution in [1.82, 2.24) is 15.5 Å². The van der Waals surface area contributed by atoms with Crippen molar-refractivity contribution in [3.8, 4) is 0 Å². The second kappa shape index (κ2) is 14.8. The summed E-state index contributed by atoms with van der Waals surface area (Å²) in [5, 5.41) is 6.11. The number of hydrogen-bond donors (Lipinski definition) is 2. The minimum absolute atomic E-state index is 0.116. The van der Waals surface area contributed by atoms with Gasteiger partial charge >= 0.3 is 6.09 Å². The van der Waals surface area contributed by atoms with E-state index in [-0.39, 0.29) is 23.9 Å². The molecule has 1 aromatic rings. The van der Waals surface area contributed by atoms with Crippen LogP contribution in [0.25, 0.3) is 0 Å². The summed E-state index contributed by atoms with van der Waals surface area (Å²) in [4.78, 5) is 42.8. The van der Waals surface area contributed by atoms with Crippen LogP contribution in [-0.4, -0.2) is 58.5 Å². The standard InChI is InChI=1S/C30H49N3O4S/c1-9-21(3)33(28(35)25(18-19-38-8)32-29(36)37-30(5,6)7)26(24-17-13-14-20(2)22(24)4)27(34)31-23-15-11-10-12-16-23/h13-14,17,21,23,25-26H,9-12,15-16,18-19H2,1-8H3,(H,31,34)(H,32,36). The summed E-state index contributed by atoms with van der Waals surface area (Å²) in [6.07, 6.45) is 7.76. The highest BCUT2D eigenvalue weighted by Gasteiger charge is 2.39. The molecule has 3 atom stereocenters. The van der Waals surface area contributed by atoms with E-state index in [0.29, 0.717) is 18.6 Å². The number of hydrogen-bond acceptors (Lipinski definition) is 5. The Kier molecular flexibility index (Phi) is 12.5. The van der Waals surface area contributed by atoms with Crippen molar-refractivity contribution in [2.75, 3.05) is 12.0 Å². The minimum atomic E-state index is -0.804. The van der Waals surface area contributed by atoms with Crippen LogP contribution in [0.3, 0.4) is 0 Å². The maximum atomic E-state index is 14.3. The van der Waals surface area contributed by atoms with Crippen molar-refractivity contribution in [2.24, 2.45) is 0 Å². The molecule has 38 heavy (non-hydrogen) atoms. The highest BCUT2D eigenvalue weighted by atomic mass is 32.2. The first-order chi connectivity index (χ1) is 17.9. The van der Waals surface area contributed by atoms with Gasteiger partial charge in [-0.2, -0.15) is 11.8 Å². The average Bonchev–Trinajstić information content (AvgIpc) is 2.85. The van der Waals surface area contributed by atoms with Crippen LogP contribution in [-0.2, 0) is 14.3 Å². The fourth-order valence-corrected chi connectivity index (χ4v) is 5.40. The number of benzene rings is 1. The predicted molar refractivity (Wildman–Crippen MR) is 156 cm³/mol. The van der Waals surface area contributed by atoms with Gasteiger partial charge in [0, 0.05) is 12.1 Å². The average molecular weight is 548 g/mol. The first-order valence-electron chi connectivity index (χ1n) is 14.1. The Balaban J connectivity index is 2.53. The van der Waals surface area contributed by atoms with Gasteiger partial charge in [0.05, 0.1) is 0 Å². The third-order valence-corrected chi connectivity index (χ3v) is 7.98. The van der Waals surface area contributed by atoms with Gasteiger partial charge in [-0.05, 0) is 95.9 Å². The first kappa shape index (κ1) is 32.0. The number of carbonyl (C=O) groups is 3. The quantitative estimate of drug-likeness (QED) is 0.351. The lowest BCUT2D eigenvalue weighted by Gasteiger charge is -2.39. The molecule has 1 aromatic carbocycles. The monoisotopic (exact) mass is 547 g/mol. The van der Waals surface area contributed by atoms with Crippen molar-refractivity contribution in [2.45, 2.75) is 123 Å². The maximum Gasteiger partial charge on any atom is 0.408 e. The van der Waals surface area contributed by atoms with Crippen molar-refractivity contribution in [1.29, 1.82) is 0 Å². The predicted octanol–water partition coefficient (Wildman–Crippen LogP) is 6.07. The number of rotatable bonds is 11. The normalized spacial score (nSPS) is 16.7. The van der Waals surface area contributed by atoms with Crippen LogP contribution >= 0.6 is 11.8 Å². The van der Waals surface area contributed by atoms with Crippen LogP contribution in [0, 0.1) is 13.8 Å². The molecule has 1 saturated carbocycles. The Morgan fingerprint density at radius 3 is 2.37 bits per heavy atom. The summed E-state index contributed by atoms with van der Waals surface area (Å²) in [7, 11) is 0. The topological polar surface area (TPSA) is 87.7 Å². The van der Waals surface area contributed by atoms with E-state index < -0.39 is 23.8 Å². The van der Waals surface area contributed by atoms with E-state index in [9.17, 15) is 14.4 Å². The van der Waals surface area contributed by atoms with Crippen molar-refractivity contribution < 1.29 is 19.1 Å². The maximum absolute atomic E-state index is 14.3. The van der Waals surface area contributed by atoms with Crippen LogP contribution in [0.5, 0.6) is 0 Å². The van der Waals surface area contributed by atoms with Gasteiger partial charge < -0.3 is 20.3 Å². The number of carbonyl (C=O) groups excluding carboxylic acids is 3. The molecule has 214 valence electrons. The smallest absolute Gasteiger partial charge is 0.408 e. The van der Waals surface area contributed by atoms with Crippen LogP contribution < -0.4 is 10.6 Å². The van der Waals surface area contributed by atoms with Gasteiger partial charge in [-0.3, -0.25) is 9.59 Å². The molecular formula is C30H49N3O4S. The summed E-state index contributed by atoms with van der Waals surface area (Å²) in [6, 6.07) is 4.22. The Hall–Kier alpha value is -2.22. The van der Waals surface area contributed by atoms with Crippen molar-refractivity contribution in [3.63, 3.8) is 0 Å². The Labute approximate surface area is 234 Å². The molecule has 2 N–H and O–H groups in total. The molecule has 0 aliphatic heterocycles. The number of amides is 3. The van der Waals surface area contributed by atoms with Gasteiger partial charge in [-0.15, -0.1) is 0 Å². The molecule has 3 unspecified atom stereocenters. The van der Waals surface area contributed by atoms with Crippen molar-refractivity contribution in [3.05, 3.63) is 34.9 Å². The van der Waals surface area contributed by atoms with E-state index in [1.165, 1.54) is 6.42 Å². The number of nitrogens with one attached hydrogen (secondary N) is 2. The zero-order valence-corrected chi connectivity index (χ0v) is 25.5. The van der Waals surface area contributed by atoms with E-state index in [1.54, 1.807) is 37.4 Å². The molecule has 2 rings (SSSR count). The van der Waals surface area contributed by atoms with Gasteiger partial charge in [0.1, 0.15) is 17.7 Å². The van der Waals surface area contributed by atoms with E-state index in [2.05, 4.69) is 10.6 Å². The summed E-state index contributed by atoms with van der Waals surface area (Å²) in [5.74, 6) is 0.271. The highest BCUT2D eigenvalue weighted by Crippen LogP contribution is 2.31. The summed E-state index contributed by atoms with van der Waals surface area (Å²) in [5.41, 5.74) is 2.21. The summed E-state index contributed by atoms with van der Waals surface area (Å²) in [6.45, 7) is 13.4. The molecule has 0 saturated heterocycles. The van der Waals surface area contributed by atoms with Gasteiger partial charge in [-0.25, -0.2) is 4.79 Å². The second-order valence-electron chi connectivity index (χ2n) is 11.5. The van der Waals surface area contributed by atoms with Crippen LogP contribution in [0.2, 0.25) is 0 Å². The molecule has 1 fully saturated rings. The number of ether oxygens (including phenoxy) is 1. The lowest BCUT2D eigenvalue weighted by molar-refractivity contribution is -0.145. The third-order valence-electron chi connectivity index (χ3n) is 7.34. The molecule has 7 nitrogen and oxygen atoms in total. The molecule has 8 heteroatoms. The SMILES string of the molecule is CCC(C)N(C(=O)C(CCSC)NC(=O)OC(C)(C)C)C(C(=O)NC1CCCCC1)c1cccc(C)c1C. The van der Waals surface area contributed by atoms with E-state index >= 15 is 0 Å². The van der Waals surface area contributed by atoms with Crippen LogP contribution in [0.15, 0.2) is 18.2 Å². The Morgan fingerprint density at radius 2 is 1.79 bits per heavy atom. The Morgan fingerprint density at radius 1 is 1.13 bits per heavy atom. The molecule has 0 aromatic heterocycles. The molecule has 3 amide bonds.